The number of allylic oxidation sites excluding steroid dienone is 1. The Balaban J connectivity index is 0.743. The van der Waals surface area contributed by atoms with Crippen LogP contribution >= 0.6 is 0 Å². The highest BCUT2D eigenvalue weighted by Gasteiger charge is 2.45. The molecule has 18 nitrogen and oxygen atoms in total. The molecular formula is C51H62F3N5O13. The first kappa shape index (κ1) is 55.1. The number of nitrogens with zero attached hydrogens (tertiary/aromatic N) is 3. The minimum absolute atomic E-state index is 0.00381. The molecule has 3 aliphatic rings. The van der Waals surface area contributed by atoms with Gasteiger partial charge in [-0.25, -0.2) is 4.98 Å². The molecule has 0 spiro atoms. The van der Waals surface area contributed by atoms with Gasteiger partial charge in [0, 0.05) is 32.1 Å². The number of aromatic nitrogens is 1. The third kappa shape index (κ3) is 16.4. The highest BCUT2D eigenvalue weighted by Crippen LogP contribution is 2.40. The number of alkyl halides is 3. The summed E-state index contributed by atoms with van der Waals surface area (Å²) in [5.74, 6) is -3.24. The van der Waals surface area contributed by atoms with Gasteiger partial charge in [0.2, 0.25) is 17.7 Å². The summed E-state index contributed by atoms with van der Waals surface area (Å²) in [7, 11) is 3.19. The molecular weight excluding hydrogens is 948 g/mol. The molecule has 72 heavy (non-hydrogen) atoms. The van der Waals surface area contributed by atoms with Crippen molar-refractivity contribution in [3.63, 3.8) is 0 Å². The number of halogens is 3. The third-order valence-corrected chi connectivity index (χ3v) is 12.3. The SMILES string of the molecule is COc1cnc(C(=O)NCc2cccc(CC(=O)N(C)CCOCCOCCOCCOCCOCCOc3ccc4c(c3)C(=O)N(C3CCC(=O)NC3=O)C4=O)c2)cc1/C=C/[C@H]1CC[C@H](C(F)(F)F)CC1. The number of carbonyl (C=O) groups is 6. The molecule has 21 heteroatoms. The van der Waals surface area contributed by atoms with Crippen LogP contribution in [0.2, 0.25) is 0 Å². The highest BCUT2D eigenvalue weighted by atomic mass is 19.4. The van der Waals surface area contributed by atoms with Gasteiger partial charge in [0.25, 0.3) is 17.7 Å². The topological polar surface area (TPSA) is 210 Å². The lowest BCUT2D eigenvalue weighted by atomic mass is 9.81. The smallest absolute Gasteiger partial charge is 0.391 e. The summed E-state index contributed by atoms with van der Waals surface area (Å²) >= 11 is 0. The number of methoxy groups -OCH3 is 1. The zero-order valence-electron chi connectivity index (χ0n) is 40.5. The fraction of sp³-hybridized carbons (Fsp3) is 0.510. The van der Waals surface area contributed by atoms with Crippen molar-refractivity contribution in [2.75, 3.05) is 93.4 Å². The number of imide groups is 2. The van der Waals surface area contributed by atoms with Gasteiger partial charge < -0.3 is 43.4 Å². The van der Waals surface area contributed by atoms with Crippen molar-refractivity contribution >= 4 is 41.5 Å². The quantitative estimate of drug-likeness (QED) is 0.0728. The number of fused-ring (bicyclic) bond motifs is 1. The second-order valence-electron chi connectivity index (χ2n) is 17.4. The molecule has 2 aromatic carbocycles. The van der Waals surface area contributed by atoms with E-state index in [1.54, 1.807) is 30.2 Å². The maximum atomic E-state index is 13.1. The molecule has 0 bridgehead atoms. The normalized spacial score (nSPS) is 18.1. The predicted octanol–water partition coefficient (Wildman–Crippen LogP) is 4.97. The summed E-state index contributed by atoms with van der Waals surface area (Å²) in [4.78, 5) is 82.4. The number of likely N-dealkylation sites (N-methyl/N-ethyl adjacent to an activating group) is 1. The van der Waals surface area contributed by atoms with E-state index in [4.69, 9.17) is 33.2 Å². The lowest BCUT2D eigenvalue weighted by Gasteiger charge is -2.28. The molecule has 2 aliphatic heterocycles. The predicted molar refractivity (Wildman–Crippen MR) is 253 cm³/mol. The van der Waals surface area contributed by atoms with Gasteiger partial charge in [-0.2, -0.15) is 13.2 Å². The highest BCUT2D eigenvalue weighted by molar-refractivity contribution is 6.23. The van der Waals surface area contributed by atoms with Crippen LogP contribution in [0.15, 0.2) is 60.8 Å². The van der Waals surface area contributed by atoms with E-state index in [1.807, 2.05) is 30.3 Å². The number of hydrogen-bond acceptors (Lipinski definition) is 14. The Labute approximate surface area is 415 Å². The van der Waals surface area contributed by atoms with Crippen LogP contribution in [0.1, 0.15) is 86.4 Å². The van der Waals surface area contributed by atoms with E-state index in [0.29, 0.717) is 95.9 Å². The lowest BCUT2D eigenvalue weighted by Crippen LogP contribution is -2.54. The Hall–Kier alpha value is -6.26. The minimum atomic E-state index is -4.16. The second-order valence-corrected chi connectivity index (χ2v) is 17.4. The Morgan fingerprint density at radius 1 is 0.792 bits per heavy atom. The van der Waals surface area contributed by atoms with Crippen LogP contribution < -0.4 is 20.1 Å². The van der Waals surface area contributed by atoms with Crippen molar-refractivity contribution in [1.82, 2.24) is 25.4 Å². The fourth-order valence-corrected chi connectivity index (χ4v) is 8.26. The molecule has 2 N–H and O–H groups in total. The van der Waals surface area contributed by atoms with E-state index >= 15 is 0 Å². The first-order chi connectivity index (χ1) is 34.7. The number of amides is 6. The number of benzene rings is 2. The van der Waals surface area contributed by atoms with Gasteiger partial charge in [0.1, 0.15) is 29.8 Å². The molecule has 0 radical (unpaired) electrons. The van der Waals surface area contributed by atoms with Crippen molar-refractivity contribution in [2.24, 2.45) is 11.8 Å². The molecule has 2 fully saturated rings. The van der Waals surface area contributed by atoms with Gasteiger partial charge >= 0.3 is 6.18 Å². The first-order valence-electron chi connectivity index (χ1n) is 24.0. The standard InChI is InChI=1S/C51H62F3N5O13/c1-58(46(61)29-35-4-3-5-36(28-35)32-56-47(62)42-30-37(44(66-2)33-55-42)9-6-34-7-10-38(11-8-34)51(52,53)54)16-17-67-18-19-68-20-21-69-22-23-70-24-25-71-26-27-72-39-12-13-40-41(31-39)50(65)59(49(40)64)43-14-15-45(60)57-48(43)63/h3-6,9,12-13,28,30-31,33-34,38,43H,7-8,10-11,14-27,29,32H2,1-2H3,(H,56,62)(H,57,60,63)/b9-6+/t34-,38-,43?. The second kappa shape index (κ2) is 27.5. The molecule has 1 unspecified atom stereocenters. The molecule has 6 rings (SSSR count). The third-order valence-electron chi connectivity index (χ3n) is 12.3. The maximum Gasteiger partial charge on any atom is 0.391 e. The molecule has 6 amide bonds. The van der Waals surface area contributed by atoms with E-state index in [2.05, 4.69) is 15.6 Å². The average molecular weight is 1010 g/mol. The van der Waals surface area contributed by atoms with Crippen LogP contribution in [-0.4, -0.2) is 156 Å². The molecule has 1 aliphatic carbocycles. The van der Waals surface area contributed by atoms with Crippen LogP contribution in [-0.2, 0) is 51.0 Å². The molecule has 390 valence electrons. The molecule has 3 aromatic rings. The van der Waals surface area contributed by atoms with Crippen molar-refractivity contribution < 1.29 is 75.1 Å². The van der Waals surface area contributed by atoms with E-state index in [1.165, 1.54) is 25.4 Å². The zero-order chi connectivity index (χ0) is 51.5. The summed E-state index contributed by atoms with van der Waals surface area (Å²) in [6.07, 6.45) is 2.30. The zero-order valence-corrected chi connectivity index (χ0v) is 40.5. The van der Waals surface area contributed by atoms with Crippen molar-refractivity contribution in [3.05, 3.63) is 94.3 Å². The molecule has 1 atom stereocenters. The van der Waals surface area contributed by atoms with E-state index in [0.717, 1.165) is 16.0 Å². The Morgan fingerprint density at radius 2 is 1.42 bits per heavy atom. The van der Waals surface area contributed by atoms with Gasteiger partial charge in [-0.1, -0.05) is 36.4 Å². The number of piperidine rings is 1. The Kier molecular flexibility index (Phi) is 21.1. The van der Waals surface area contributed by atoms with Crippen molar-refractivity contribution in [3.8, 4) is 11.5 Å². The average Bonchev–Trinajstić information content (AvgIpc) is 3.61. The minimum Gasteiger partial charge on any atom is -0.495 e. The van der Waals surface area contributed by atoms with Crippen molar-refractivity contribution in [1.29, 1.82) is 0 Å². The summed E-state index contributed by atoms with van der Waals surface area (Å²) < 4.78 is 78.1. The summed E-state index contributed by atoms with van der Waals surface area (Å²) in [6.45, 7) is 4.24. The van der Waals surface area contributed by atoms with E-state index < -0.39 is 47.7 Å². The monoisotopic (exact) mass is 1010 g/mol. The van der Waals surface area contributed by atoms with Crippen LogP contribution in [0.4, 0.5) is 13.2 Å². The Morgan fingerprint density at radius 3 is 2.06 bits per heavy atom. The fourth-order valence-electron chi connectivity index (χ4n) is 8.26. The Bertz CT molecular complexity index is 2380. The van der Waals surface area contributed by atoms with Crippen LogP contribution in [0.5, 0.6) is 11.5 Å². The largest absolute Gasteiger partial charge is 0.495 e. The van der Waals surface area contributed by atoms with Crippen LogP contribution in [0.3, 0.4) is 0 Å². The lowest BCUT2D eigenvalue weighted by molar-refractivity contribution is -0.183. The molecule has 3 heterocycles. The summed E-state index contributed by atoms with van der Waals surface area (Å²) in [5, 5.41) is 5.04. The number of hydrogen-bond donors (Lipinski definition) is 2. The first-order valence-corrected chi connectivity index (χ1v) is 24.0. The van der Waals surface area contributed by atoms with Crippen LogP contribution in [0.25, 0.3) is 6.08 Å². The number of carbonyl (C=O) groups excluding carboxylic acids is 6. The number of ether oxygens (including phenoxy) is 7. The maximum absolute atomic E-state index is 13.1. The van der Waals surface area contributed by atoms with Gasteiger partial charge in [0.05, 0.1) is 103 Å². The summed E-state index contributed by atoms with van der Waals surface area (Å²) in [6, 6.07) is 12.4. The van der Waals surface area contributed by atoms with Gasteiger partial charge in [-0.15, -0.1) is 0 Å². The molecule has 1 saturated heterocycles. The van der Waals surface area contributed by atoms with Crippen molar-refractivity contribution in [2.45, 2.75) is 63.7 Å². The molecule has 1 aromatic heterocycles. The van der Waals surface area contributed by atoms with Gasteiger partial charge in [-0.05, 0) is 73.4 Å². The van der Waals surface area contributed by atoms with Gasteiger partial charge in [-0.3, -0.25) is 39.0 Å². The van der Waals surface area contributed by atoms with E-state index in [9.17, 15) is 41.9 Å². The number of pyridine rings is 1. The van der Waals surface area contributed by atoms with Crippen LogP contribution in [0, 0.1) is 11.8 Å². The summed E-state index contributed by atoms with van der Waals surface area (Å²) in [5.41, 5.74) is 2.66. The van der Waals surface area contributed by atoms with E-state index in [-0.39, 0.29) is 80.5 Å². The molecule has 1 saturated carbocycles. The van der Waals surface area contributed by atoms with Gasteiger partial charge in [0.15, 0.2) is 0 Å². The number of rotatable bonds is 28. The number of nitrogens with one attached hydrogen (secondary N) is 2.